The van der Waals surface area contributed by atoms with E-state index in [0.29, 0.717) is 35.0 Å². The third kappa shape index (κ3) is 6.24. The maximum Gasteiger partial charge on any atom is 0.262 e. The molecule has 3 aromatic rings. The topological polar surface area (TPSA) is 85.9 Å². The molecule has 0 bridgehead atoms. The first-order valence-electron chi connectivity index (χ1n) is 9.79. The molecule has 0 radical (unpaired) electrons. The number of methoxy groups -OCH3 is 1. The molecule has 31 heavy (non-hydrogen) atoms. The van der Waals surface area contributed by atoms with Gasteiger partial charge in [0.1, 0.15) is 17.2 Å². The Hall–Kier alpha value is -4.00. The van der Waals surface area contributed by atoms with Gasteiger partial charge in [-0.2, -0.15) is 0 Å². The van der Waals surface area contributed by atoms with Crippen molar-refractivity contribution in [3.8, 4) is 17.2 Å². The van der Waals surface area contributed by atoms with Crippen LogP contribution >= 0.6 is 0 Å². The summed E-state index contributed by atoms with van der Waals surface area (Å²) in [7, 11) is 1.54. The Kier molecular flexibility index (Phi) is 7.48. The second-order valence-electron chi connectivity index (χ2n) is 6.47. The maximum absolute atomic E-state index is 12.5. The van der Waals surface area contributed by atoms with Gasteiger partial charge < -0.3 is 24.8 Å². The highest BCUT2D eigenvalue weighted by atomic mass is 16.5. The number of anilines is 2. The van der Waals surface area contributed by atoms with E-state index in [2.05, 4.69) is 10.6 Å². The van der Waals surface area contributed by atoms with Crippen molar-refractivity contribution >= 4 is 23.2 Å². The molecule has 2 N–H and O–H groups in total. The highest BCUT2D eigenvalue weighted by molar-refractivity contribution is 6.05. The quantitative estimate of drug-likeness (QED) is 0.537. The maximum atomic E-state index is 12.5. The predicted molar refractivity (Wildman–Crippen MR) is 119 cm³/mol. The van der Waals surface area contributed by atoms with Crippen molar-refractivity contribution < 1.29 is 23.8 Å². The zero-order valence-corrected chi connectivity index (χ0v) is 17.4. The standard InChI is InChI=1S/C24H24N2O5/c1-3-30-19-12-14-20(15-13-19)31-16-23(27)25-18-10-8-17(9-11-18)24(28)26-21-6-4-5-7-22(21)29-2/h4-15H,3,16H2,1-2H3,(H,25,27)(H,26,28). The van der Waals surface area contributed by atoms with Crippen molar-refractivity contribution in [3.05, 3.63) is 78.4 Å². The Morgan fingerprint density at radius 3 is 2.10 bits per heavy atom. The summed E-state index contributed by atoms with van der Waals surface area (Å²) in [6.07, 6.45) is 0. The van der Waals surface area contributed by atoms with Crippen LogP contribution in [0.2, 0.25) is 0 Å². The van der Waals surface area contributed by atoms with E-state index >= 15 is 0 Å². The summed E-state index contributed by atoms with van der Waals surface area (Å²) in [6.45, 7) is 2.36. The van der Waals surface area contributed by atoms with Crippen molar-refractivity contribution in [1.29, 1.82) is 0 Å². The first kappa shape index (κ1) is 21.7. The zero-order valence-electron chi connectivity index (χ0n) is 17.4. The molecule has 0 aliphatic rings. The number of hydrogen-bond donors (Lipinski definition) is 2. The number of ether oxygens (including phenoxy) is 3. The summed E-state index contributed by atoms with van der Waals surface area (Å²) in [5.41, 5.74) is 1.60. The fourth-order valence-corrected chi connectivity index (χ4v) is 2.79. The second kappa shape index (κ2) is 10.7. The van der Waals surface area contributed by atoms with Crippen LogP contribution in [0.15, 0.2) is 72.8 Å². The summed E-state index contributed by atoms with van der Waals surface area (Å²) in [6, 6.07) is 20.8. The van der Waals surface area contributed by atoms with Crippen molar-refractivity contribution in [3.63, 3.8) is 0 Å². The summed E-state index contributed by atoms with van der Waals surface area (Å²) < 4.78 is 16.1. The first-order valence-corrected chi connectivity index (χ1v) is 9.79. The van der Waals surface area contributed by atoms with Gasteiger partial charge in [-0.25, -0.2) is 0 Å². The molecule has 7 heteroatoms. The lowest BCUT2D eigenvalue weighted by atomic mass is 10.2. The molecular weight excluding hydrogens is 396 g/mol. The van der Waals surface area contributed by atoms with Crippen molar-refractivity contribution in [1.82, 2.24) is 0 Å². The van der Waals surface area contributed by atoms with Gasteiger partial charge in [-0.05, 0) is 67.6 Å². The third-order valence-corrected chi connectivity index (χ3v) is 4.29. The molecule has 0 atom stereocenters. The van der Waals surface area contributed by atoms with Crippen LogP contribution in [0.5, 0.6) is 17.2 Å². The lowest BCUT2D eigenvalue weighted by Crippen LogP contribution is -2.20. The molecule has 0 aromatic heterocycles. The largest absolute Gasteiger partial charge is 0.495 e. The molecule has 0 saturated carbocycles. The molecule has 3 rings (SSSR count). The molecule has 160 valence electrons. The lowest BCUT2D eigenvalue weighted by Gasteiger charge is -2.11. The minimum atomic E-state index is -0.305. The van der Waals surface area contributed by atoms with Gasteiger partial charge in [0.2, 0.25) is 0 Å². The number of carbonyl (C=O) groups is 2. The van der Waals surface area contributed by atoms with E-state index in [1.807, 2.05) is 19.1 Å². The summed E-state index contributed by atoms with van der Waals surface area (Å²) >= 11 is 0. The molecule has 0 aliphatic carbocycles. The van der Waals surface area contributed by atoms with Gasteiger partial charge in [0.05, 0.1) is 19.4 Å². The van der Waals surface area contributed by atoms with Crippen LogP contribution in [0, 0.1) is 0 Å². The van der Waals surface area contributed by atoms with E-state index in [4.69, 9.17) is 14.2 Å². The van der Waals surface area contributed by atoms with Crippen LogP contribution in [0.3, 0.4) is 0 Å². The van der Waals surface area contributed by atoms with Gasteiger partial charge >= 0.3 is 0 Å². The van der Waals surface area contributed by atoms with Crippen LogP contribution in [0.4, 0.5) is 11.4 Å². The average Bonchev–Trinajstić information content (AvgIpc) is 2.79. The molecule has 0 aliphatic heterocycles. The van der Waals surface area contributed by atoms with Crippen LogP contribution in [-0.2, 0) is 4.79 Å². The summed E-state index contributed by atoms with van der Waals surface area (Å²) in [4.78, 5) is 24.6. The predicted octanol–water partition coefficient (Wildman–Crippen LogP) is 4.36. The van der Waals surface area contributed by atoms with E-state index in [-0.39, 0.29) is 18.4 Å². The Balaban J connectivity index is 1.51. The minimum absolute atomic E-state index is 0.135. The lowest BCUT2D eigenvalue weighted by molar-refractivity contribution is -0.118. The number of para-hydroxylation sites is 2. The highest BCUT2D eigenvalue weighted by Gasteiger charge is 2.10. The molecule has 0 fully saturated rings. The van der Waals surface area contributed by atoms with Gasteiger partial charge in [0.25, 0.3) is 11.8 Å². The molecule has 0 unspecified atom stereocenters. The van der Waals surface area contributed by atoms with Crippen molar-refractivity contribution in [2.24, 2.45) is 0 Å². The number of carbonyl (C=O) groups excluding carboxylic acids is 2. The molecule has 3 aromatic carbocycles. The minimum Gasteiger partial charge on any atom is -0.495 e. The van der Waals surface area contributed by atoms with Gasteiger partial charge in [-0.3, -0.25) is 9.59 Å². The van der Waals surface area contributed by atoms with Crippen LogP contribution < -0.4 is 24.8 Å². The highest BCUT2D eigenvalue weighted by Crippen LogP contribution is 2.24. The second-order valence-corrected chi connectivity index (χ2v) is 6.47. The molecule has 0 saturated heterocycles. The van der Waals surface area contributed by atoms with E-state index in [0.717, 1.165) is 5.75 Å². The molecule has 7 nitrogen and oxygen atoms in total. The van der Waals surface area contributed by atoms with Gasteiger partial charge in [-0.15, -0.1) is 0 Å². The Morgan fingerprint density at radius 2 is 1.45 bits per heavy atom. The fraction of sp³-hybridized carbons (Fsp3) is 0.167. The smallest absolute Gasteiger partial charge is 0.262 e. The SMILES string of the molecule is CCOc1ccc(OCC(=O)Nc2ccc(C(=O)Nc3ccccc3OC)cc2)cc1. The normalized spacial score (nSPS) is 10.1. The van der Waals surface area contributed by atoms with Crippen LogP contribution in [-0.4, -0.2) is 32.1 Å². The van der Waals surface area contributed by atoms with Crippen LogP contribution in [0.25, 0.3) is 0 Å². The number of amides is 2. The van der Waals surface area contributed by atoms with Crippen molar-refractivity contribution in [2.75, 3.05) is 31.0 Å². The third-order valence-electron chi connectivity index (χ3n) is 4.29. The molecule has 0 heterocycles. The van der Waals surface area contributed by atoms with Crippen LogP contribution in [0.1, 0.15) is 17.3 Å². The van der Waals surface area contributed by atoms with Gasteiger partial charge in [-0.1, -0.05) is 12.1 Å². The van der Waals surface area contributed by atoms with Crippen molar-refractivity contribution in [2.45, 2.75) is 6.92 Å². The molecule has 2 amide bonds. The van der Waals surface area contributed by atoms with E-state index in [1.165, 1.54) is 0 Å². The Morgan fingerprint density at radius 1 is 0.806 bits per heavy atom. The Labute approximate surface area is 180 Å². The fourth-order valence-electron chi connectivity index (χ4n) is 2.79. The van der Waals surface area contributed by atoms with Gasteiger partial charge in [0, 0.05) is 11.3 Å². The van der Waals surface area contributed by atoms with E-state index in [9.17, 15) is 9.59 Å². The number of benzene rings is 3. The zero-order chi connectivity index (χ0) is 22.1. The average molecular weight is 420 g/mol. The Bertz CT molecular complexity index is 1020. The molecular formula is C24H24N2O5. The van der Waals surface area contributed by atoms with E-state index < -0.39 is 0 Å². The summed E-state index contributed by atoms with van der Waals surface area (Å²) in [5.74, 6) is 1.31. The van der Waals surface area contributed by atoms with E-state index in [1.54, 1.807) is 67.8 Å². The number of nitrogens with one attached hydrogen (secondary N) is 2. The summed E-state index contributed by atoms with van der Waals surface area (Å²) in [5, 5.41) is 5.55. The number of hydrogen-bond acceptors (Lipinski definition) is 5. The monoisotopic (exact) mass is 420 g/mol. The molecule has 0 spiro atoms. The van der Waals surface area contributed by atoms with Gasteiger partial charge in [0.15, 0.2) is 6.61 Å². The first-order chi connectivity index (χ1) is 15.1. The number of rotatable bonds is 9.